The second-order valence-electron chi connectivity index (χ2n) is 6.63. The number of alkyl halides is 3. The molecule has 2 unspecified atom stereocenters. The van der Waals surface area contributed by atoms with Crippen LogP contribution < -0.4 is 5.32 Å². The topological polar surface area (TPSA) is 12.0 Å². The van der Waals surface area contributed by atoms with E-state index >= 15 is 0 Å². The number of halogens is 4. The van der Waals surface area contributed by atoms with Crippen LogP contribution in [0.3, 0.4) is 0 Å². The summed E-state index contributed by atoms with van der Waals surface area (Å²) in [6.07, 6.45) is -4.65. The summed E-state index contributed by atoms with van der Waals surface area (Å²) in [5.41, 5.74) is -0.651. The Labute approximate surface area is 123 Å². The molecule has 1 rings (SSSR count). The third-order valence-electron chi connectivity index (χ3n) is 3.63. The molecule has 0 saturated carbocycles. The molecule has 0 amide bonds. The lowest BCUT2D eigenvalue weighted by Crippen LogP contribution is -2.39. The van der Waals surface area contributed by atoms with Gasteiger partial charge in [0.05, 0.1) is 5.56 Å². The third-order valence-corrected chi connectivity index (χ3v) is 3.63. The zero-order chi connectivity index (χ0) is 16.4. The lowest BCUT2D eigenvalue weighted by atomic mass is 9.87. The van der Waals surface area contributed by atoms with E-state index in [0.717, 1.165) is 12.1 Å². The minimum absolute atomic E-state index is 0.0284. The van der Waals surface area contributed by atoms with E-state index in [9.17, 15) is 17.6 Å². The Hall–Kier alpha value is -1.10. The smallest absolute Gasteiger partial charge is 0.312 e. The van der Waals surface area contributed by atoms with E-state index in [0.29, 0.717) is 12.1 Å². The minimum Gasteiger partial charge on any atom is -0.312 e. The van der Waals surface area contributed by atoms with Crippen LogP contribution in [0.4, 0.5) is 17.6 Å². The zero-order valence-corrected chi connectivity index (χ0v) is 13.1. The second-order valence-corrected chi connectivity index (χ2v) is 6.63. The minimum atomic E-state index is -4.65. The highest BCUT2D eigenvalue weighted by atomic mass is 19.4. The van der Waals surface area contributed by atoms with Crippen LogP contribution in [0.15, 0.2) is 18.2 Å². The zero-order valence-electron chi connectivity index (χ0n) is 13.1. The van der Waals surface area contributed by atoms with E-state index in [4.69, 9.17) is 0 Å². The van der Waals surface area contributed by atoms with E-state index in [-0.39, 0.29) is 17.4 Å². The second kappa shape index (κ2) is 6.34. The maximum atomic E-state index is 13.6. The Balaban J connectivity index is 2.84. The molecule has 1 aromatic carbocycles. The fraction of sp³-hybridized carbons (Fsp3) is 0.625. The van der Waals surface area contributed by atoms with Gasteiger partial charge in [-0.1, -0.05) is 19.9 Å². The molecule has 0 aliphatic rings. The Kier molecular flexibility index (Phi) is 5.42. The largest absolute Gasteiger partial charge is 0.419 e. The summed E-state index contributed by atoms with van der Waals surface area (Å²) < 4.78 is 51.2. The number of benzene rings is 1. The van der Waals surface area contributed by atoms with Crippen LogP contribution in [0.1, 0.15) is 51.7 Å². The molecule has 5 heteroatoms. The Bertz CT molecular complexity index is 474. The van der Waals surface area contributed by atoms with E-state index in [1.54, 1.807) is 0 Å². The van der Waals surface area contributed by atoms with Gasteiger partial charge in [0.1, 0.15) is 5.82 Å². The monoisotopic (exact) mass is 305 g/mol. The molecule has 0 radical (unpaired) electrons. The molecule has 0 aliphatic carbocycles. The summed E-state index contributed by atoms with van der Waals surface area (Å²) in [6, 6.07) is 3.19. The molecule has 1 aromatic rings. The van der Waals surface area contributed by atoms with Crippen LogP contribution in [0.5, 0.6) is 0 Å². The van der Waals surface area contributed by atoms with Crippen molar-refractivity contribution in [2.24, 2.45) is 5.92 Å². The molecular weight excluding hydrogens is 282 g/mol. The third kappa shape index (κ3) is 5.30. The molecule has 1 N–H and O–H groups in total. The first-order valence-corrected chi connectivity index (χ1v) is 7.03. The highest BCUT2D eigenvalue weighted by Crippen LogP contribution is 2.33. The summed E-state index contributed by atoms with van der Waals surface area (Å²) in [6.45, 7) is 10.7. The Morgan fingerprint density at radius 3 is 2.10 bits per heavy atom. The predicted molar refractivity (Wildman–Crippen MR) is 76.7 cm³/mol. The van der Waals surface area contributed by atoms with Gasteiger partial charge in [-0.05, 0) is 56.8 Å². The first kappa shape index (κ1) is 18.0. The molecule has 1 nitrogen and oxygen atoms in total. The molecule has 0 saturated heterocycles. The number of nitrogens with one attached hydrogen (secondary N) is 1. The van der Waals surface area contributed by atoms with E-state index in [2.05, 4.69) is 5.32 Å². The highest BCUT2D eigenvalue weighted by Gasteiger charge is 2.34. The predicted octanol–water partition coefficient (Wildman–Crippen LogP) is 4.97. The van der Waals surface area contributed by atoms with Crippen LogP contribution in [0, 0.1) is 11.7 Å². The van der Waals surface area contributed by atoms with Crippen LogP contribution in [-0.4, -0.2) is 12.1 Å². The summed E-state index contributed by atoms with van der Waals surface area (Å²) in [7, 11) is 0. The standard InChI is InChI=1S/C16H23F4N/c1-10(9-21-15(3,4)5)11(2)12-6-7-13(14(17)8-12)16(18,19)20/h6-8,10-11,21H,9H2,1-5H3. The van der Waals surface area contributed by atoms with E-state index < -0.39 is 17.6 Å². The van der Waals surface area contributed by atoms with Gasteiger partial charge in [0.25, 0.3) is 0 Å². The molecule has 0 aromatic heterocycles. The fourth-order valence-electron chi connectivity index (χ4n) is 2.02. The summed E-state index contributed by atoms with van der Waals surface area (Å²) in [5.74, 6) is -1.06. The van der Waals surface area contributed by atoms with Crippen molar-refractivity contribution < 1.29 is 17.6 Å². The van der Waals surface area contributed by atoms with Crippen LogP contribution >= 0.6 is 0 Å². The summed E-state index contributed by atoms with van der Waals surface area (Å²) in [4.78, 5) is 0. The van der Waals surface area contributed by atoms with E-state index in [1.807, 2.05) is 34.6 Å². The van der Waals surface area contributed by atoms with Crippen molar-refractivity contribution in [3.63, 3.8) is 0 Å². The van der Waals surface area contributed by atoms with Crippen molar-refractivity contribution in [1.82, 2.24) is 5.32 Å². The molecule has 0 spiro atoms. The molecule has 21 heavy (non-hydrogen) atoms. The van der Waals surface area contributed by atoms with Gasteiger partial charge in [0, 0.05) is 5.54 Å². The molecule has 0 aliphatic heterocycles. The first-order valence-electron chi connectivity index (χ1n) is 7.03. The quantitative estimate of drug-likeness (QED) is 0.774. The molecule has 120 valence electrons. The summed E-state index contributed by atoms with van der Waals surface area (Å²) in [5, 5.41) is 3.35. The van der Waals surface area contributed by atoms with Gasteiger partial charge in [-0.25, -0.2) is 4.39 Å². The Morgan fingerprint density at radius 1 is 1.10 bits per heavy atom. The average Bonchev–Trinajstić information content (AvgIpc) is 2.32. The van der Waals surface area contributed by atoms with Gasteiger partial charge in [0.2, 0.25) is 0 Å². The van der Waals surface area contributed by atoms with Crippen LogP contribution in [-0.2, 0) is 6.18 Å². The maximum absolute atomic E-state index is 13.6. The maximum Gasteiger partial charge on any atom is 0.419 e. The molecule has 0 heterocycles. The molecular formula is C16H23F4N. The Morgan fingerprint density at radius 2 is 1.67 bits per heavy atom. The molecule has 0 fully saturated rings. The van der Waals surface area contributed by atoms with Crippen molar-refractivity contribution in [1.29, 1.82) is 0 Å². The van der Waals surface area contributed by atoms with Gasteiger partial charge in [-0.15, -0.1) is 0 Å². The number of rotatable bonds is 4. The van der Waals surface area contributed by atoms with Gasteiger partial charge < -0.3 is 5.32 Å². The van der Waals surface area contributed by atoms with Crippen LogP contribution in [0.2, 0.25) is 0 Å². The number of hydrogen-bond donors (Lipinski definition) is 1. The van der Waals surface area contributed by atoms with Crippen LogP contribution in [0.25, 0.3) is 0 Å². The SMILES string of the molecule is CC(CNC(C)(C)C)C(C)c1ccc(C(F)(F)F)c(F)c1. The average molecular weight is 305 g/mol. The van der Waals surface area contributed by atoms with Gasteiger partial charge >= 0.3 is 6.18 Å². The van der Waals surface area contributed by atoms with Crippen molar-refractivity contribution >= 4 is 0 Å². The van der Waals surface area contributed by atoms with Crippen molar-refractivity contribution in [2.75, 3.05) is 6.54 Å². The van der Waals surface area contributed by atoms with E-state index in [1.165, 1.54) is 6.07 Å². The van der Waals surface area contributed by atoms with Crippen molar-refractivity contribution in [3.8, 4) is 0 Å². The van der Waals surface area contributed by atoms with Gasteiger partial charge in [-0.3, -0.25) is 0 Å². The fourth-order valence-corrected chi connectivity index (χ4v) is 2.02. The highest BCUT2D eigenvalue weighted by molar-refractivity contribution is 5.29. The van der Waals surface area contributed by atoms with Crippen molar-refractivity contribution in [2.45, 2.75) is 52.3 Å². The molecule has 0 bridgehead atoms. The normalized spacial score (nSPS) is 15.9. The lowest BCUT2D eigenvalue weighted by Gasteiger charge is -2.27. The van der Waals surface area contributed by atoms with Gasteiger partial charge in [0.15, 0.2) is 0 Å². The first-order chi connectivity index (χ1) is 9.42. The summed E-state index contributed by atoms with van der Waals surface area (Å²) >= 11 is 0. The van der Waals surface area contributed by atoms with Crippen molar-refractivity contribution in [3.05, 3.63) is 35.1 Å². The molecule has 2 atom stereocenters. The number of hydrogen-bond acceptors (Lipinski definition) is 1. The lowest BCUT2D eigenvalue weighted by molar-refractivity contribution is -0.140. The van der Waals surface area contributed by atoms with Gasteiger partial charge in [-0.2, -0.15) is 13.2 Å².